The fourth-order valence-corrected chi connectivity index (χ4v) is 11.9. The standard InChI is InChI=1S/C33H46N2O7/c1-6-35-16-31(17-42-30(37)19-9-7-8-10-23(19)34-18(2)36)12-11-26(40-4)33-21-13-20-24(39-3)15-32(38,27(21)28(20)41-5)22(29(33)35)14-25(31)33/h7-10,20-22,24-29,38H,6,11-17H2,1-5H3,(H,34,36). The second-order valence-electron chi connectivity index (χ2n) is 14.0. The largest absolute Gasteiger partial charge is 0.461 e. The van der Waals surface area contributed by atoms with E-state index in [4.69, 9.17) is 18.9 Å². The molecule has 2 N–H and O–H groups in total. The lowest BCUT2D eigenvalue weighted by Crippen LogP contribution is -2.76. The molecule has 0 aromatic heterocycles. The van der Waals surface area contributed by atoms with Gasteiger partial charge in [0.15, 0.2) is 0 Å². The number of likely N-dealkylation sites (tertiary alicyclic amines) is 1. The van der Waals surface area contributed by atoms with Gasteiger partial charge >= 0.3 is 5.97 Å². The van der Waals surface area contributed by atoms with Gasteiger partial charge in [-0.25, -0.2) is 4.79 Å². The summed E-state index contributed by atoms with van der Waals surface area (Å²) in [5.74, 6) is 0.221. The summed E-state index contributed by atoms with van der Waals surface area (Å²) in [7, 11) is 5.43. The number of ether oxygens (including phenoxy) is 4. The van der Waals surface area contributed by atoms with Crippen molar-refractivity contribution in [1.29, 1.82) is 0 Å². The highest BCUT2D eigenvalue weighted by Gasteiger charge is 2.84. The van der Waals surface area contributed by atoms with Crippen LogP contribution in [-0.4, -0.2) is 92.9 Å². The summed E-state index contributed by atoms with van der Waals surface area (Å²) in [5, 5.41) is 15.6. The van der Waals surface area contributed by atoms with E-state index in [9.17, 15) is 14.7 Å². The number of carbonyl (C=O) groups excluding carboxylic acids is 2. The minimum Gasteiger partial charge on any atom is -0.461 e. The predicted octanol–water partition coefficient (Wildman–Crippen LogP) is 3.35. The molecule has 9 heteroatoms. The van der Waals surface area contributed by atoms with E-state index < -0.39 is 11.6 Å². The zero-order valence-corrected chi connectivity index (χ0v) is 25.5. The first kappa shape index (κ1) is 28.7. The Morgan fingerprint density at radius 2 is 1.88 bits per heavy atom. The highest BCUT2D eigenvalue weighted by Crippen LogP contribution is 2.79. The van der Waals surface area contributed by atoms with Crippen LogP contribution in [0.25, 0.3) is 0 Å². The Morgan fingerprint density at radius 1 is 1.10 bits per heavy atom. The number of nitrogens with one attached hydrogen (secondary N) is 1. The van der Waals surface area contributed by atoms with Crippen molar-refractivity contribution >= 4 is 17.6 Å². The molecule has 7 bridgehead atoms. The molecule has 12 atom stereocenters. The van der Waals surface area contributed by atoms with E-state index in [-0.39, 0.29) is 70.7 Å². The fourth-order valence-electron chi connectivity index (χ4n) is 11.9. The number of anilines is 1. The molecule has 5 aliphatic carbocycles. The van der Waals surface area contributed by atoms with Gasteiger partial charge in [-0.3, -0.25) is 9.69 Å². The number of nitrogens with zero attached hydrogens (tertiary/aromatic N) is 1. The molecule has 7 rings (SSSR count). The van der Waals surface area contributed by atoms with Crippen molar-refractivity contribution in [2.75, 3.05) is 46.3 Å². The number of fused-ring (bicyclic) bond motifs is 2. The molecular weight excluding hydrogens is 536 g/mol. The highest BCUT2D eigenvalue weighted by atomic mass is 16.5. The highest BCUT2D eigenvalue weighted by molar-refractivity contribution is 6.00. The molecule has 1 spiro atoms. The van der Waals surface area contributed by atoms with Crippen LogP contribution < -0.4 is 5.32 Å². The van der Waals surface area contributed by atoms with Crippen LogP contribution in [0.3, 0.4) is 0 Å². The summed E-state index contributed by atoms with van der Waals surface area (Å²) in [4.78, 5) is 27.9. The topological polar surface area (TPSA) is 107 Å². The molecule has 0 radical (unpaired) electrons. The Morgan fingerprint density at radius 3 is 2.57 bits per heavy atom. The van der Waals surface area contributed by atoms with E-state index in [2.05, 4.69) is 17.1 Å². The first-order valence-corrected chi connectivity index (χ1v) is 15.8. The van der Waals surface area contributed by atoms with Crippen molar-refractivity contribution in [2.24, 2.45) is 40.4 Å². The number of methoxy groups -OCH3 is 3. The molecule has 1 aromatic carbocycles. The number of rotatable bonds is 8. The number of piperidine rings is 1. The number of hydrogen-bond donors (Lipinski definition) is 2. The van der Waals surface area contributed by atoms with Crippen molar-refractivity contribution in [3.05, 3.63) is 29.8 Å². The van der Waals surface area contributed by atoms with Gasteiger partial charge in [-0.1, -0.05) is 19.1 Å². The van der Waals surface area contributed by atoms with Gasteiger partial charge in [0, 0.05) is 75.8 Å². The van der Waals surface area contributed by atoms with Gasteiger partial charge in [-0.2, -0.15) is 0 Å². The number of aliphatic hydroxyl groups is 1. The minimum absolute atomic E-state index is 0.0224. The van der Waals surface area contributed by atoms with E-state index in [1.807, 2.05) is 7.11 Å². The van der Waals surface area contributed by atoms with Gasteiger partial charge in [-0.15, -0.1) is 0 Å². The first-order valence-electron chi connectivity index (χ1n) is 15.8. The second-order valence-corrected chi connectivity index (χ2v) is 14.0. The number of esters is 1. The number of hydrogen-bond acceptors (Lipinski definition) is 8. The van der Waals surface area contributed by atoms with Crippen molar-refractivity contribution in [1.82, 2.24) is 4.90 Å². The summed E-state index contributed by atoms with van der Waals surface area (Å²) in [6.07, 6.45) is 4.33. The third-order valence-electron chi connectivity index (χ3n) is 12.9. The molecule has 1 heterocycles. The van der Waals surface area contributed by atoms with Crippen LogP contribution in [0.2, 0.25) is 0 Å². The molecular formula is C33H46N2O7. The molecule has 6 fully saturated rings. The summed E-state index contributed by atoms with van der Waals surface area (Å²) in [5.41, 5.74) is -0.440. The molecule has 1 aliphatic heterocycles. The first-order chi connectivity index (χ1) is 20.2. The molecule has 6 aliphatic rings. The Hall–Kier alpha value is -2.04. The van der Waals surface area contributed by atoms with Gasteiger partial charge in [0.1, 0.15) is 0 Å². The molecule has 1 aromatic rings. The van der Waals surface area contributed by atoms with Crippen molar-refractivity contribution < 1.29 is 33.6 Å². The summed E-state index contributed by atoms with van der Waals surface area (Å²) < 4.78 is 24.9. The van der Waals surface area contributed by atoms with Crippen LogP contribution >= 0.6 is 0 Å². The lowest BCUT2D eigenvalue weighted by Gasteiger charge is -2.69. The lowest BCUT2D eigenvalue weighted by molar-refractivity contribution is -0.277. The fraction of sp³-hybridized carbons (Fsp3) is 0.758. The third kappa shape index (κ3) is 3.54. The number of carbonyl (C=O) groups is 2. The van der Waals surface area contributed by atoms with Crippen LogP contribution in [0, 0.1) is 40.4 Å². The Bertz CT molecular complexity index is 1260. The zero-order valence-electron chi connectivity index (χ0n) is 25.5. The van der Waals surface area contributed by atoms with Crippen LogP contribution in [0.5, 0.6) is 0 Å². The maximum Gasteiger partial charge on any atom is 0.340 e. The average Bonchev–Trinajstić information content (AvgIpc) is 3.45. The van der Waals surface area contributed by atoms with E-state index >= 15 is 0 Å². The molecule has 5 saturated carbocycles. The van der Waals surface area contributed by atoms with E-state index in [1.54, 1.807) is 38.5 Å². The minimum atomic E-state index is -0.873. The summed E-state index contributed by atoms with van der Waals surface area (Å²) in [6.45, 7) is 5.67. The van der Waals surface area contributed by atoms with Gasteiger partial charge in [0.2, 0.25) is 5.91 Å². The summed E-state index contributed by atoms with van der Waals surface area (Å²) >= 11 is 0. The maximum absolute atomic E-state index is 13.6. The zero-order chi connectivity index (χ0) is 29.6. The number of para-hydroxylation sites is 1. The van der Waals surface area contributed by atoms with Crippen molar-refractivity contribution in [2.45, 2.75) is 75.9 Å². The Kier molecular flexibility index (Phi) is 6.83. The van der Waals surface area contributed by atoms with Crippen LogP contribution in [0.1, 0.15) is 56.3 Å². The average molecular weight is 583 g/mol. The van der Waals surface area contributed by atoms with Crippen LogP contribution in [0.15, 0.2) is 24.3 Å². The van der Waals surface area contributed by atoms with E-state index in [0.29, 0.717) is 24.3 Å². The molecule has 1 saturated heterocycles. The van der Waals surface area contributed by atoms with Gasteiger partial charge in [0.25, 0.3) is 0 Å². The molecule has 9 nitrogen and oxygen atoms in total. The third-order valence-corrected chi connectivity index (χ3v) is 12.9. The van der Waals surface area contributed by atoms with Crippen LogP contribution in [-0.2, 0) is 23.7 Å². The van der Waals surface area contributed by atoms with Gasteiger partial charge < -0.3 is 29.4 Å². The number of benzene rings is 1. The molecule has 12 unspecified atom stereocenters. The smallest absolute Gasteiger partial charge is 0.340 e. The monoisotopic (exact) mass is 582 g/mol. The predicted molar refractivity (Wildman–Crippen MR) is 155 cm³/mol. The SMILES string of the molecule is CCN1CC2(COC(=O)c3ccccc3NC(C)=O)CCC(OC)C34C5CC6C(OC)CC(O)(C(CC23)C14)C5C6OC. The van der Waals surface area contributed by atoms with E-state index in [0.717, 1.165) is 38.8 Å². The lowest BCUT2D eigenvalue weighted by atomic mass is 9.43. The van der Waals surface area contributed by atoms with Crippen molar-refractivity contribution in [3.63, 3.8) is 0 Å². The quantitative estimate of drug-likeness (QED) is 0.450. The van der Waals surface area contributed by atoms with Gasteiger partial charge in [0.05, 0.1) is 41.8 Å². The Balaban J connectivity index is 1.29. The maximum atomic E-state index is 13.6. The normalized spacial score (nSPS) is 46.4. The van der Waals surface area contributed by atoms with Gasteiger partial charge in [-0.05, 0) is 56.2 Å². The second kappa shape index (κ2) is 9.99. The van der Waals surface area contributed by atoms with E-state index in [1.165, 1.54) is 6.92 Å². The molecule has 42 heavy (non-hydrogen) atoms. The Labute approximate surface area is 248 Å². The molecule has 1 amide bonds. The summed E-state index contributed by atoms with van der Waals surface area (Å²) in [6, 6.07) is 7.24. The van der Waals surface area contributed by atoms with Crippen LogP contribution in [0.4, 0.5) is 5.69 Å². The molecule has 230 valence electrons. The number of amides is 1. The van der Waals surface area contributed by atoms with Crippen molar-refractivity contribution in [3.8, 4) is 0 Å².